The summed E-state index contributed by atoms with van der Waals surface area (Å²) in [5, 5.41) is 0. The Labute approximate surface area is 201 Å². The van der Waals surface area contributed by atoms with Crippen molar-refractivity contribution >= 4 is 5.82 Å². The van der Waals surface area contributed by atoms with Gasteiger partial charge in [0.15, 0.2) is 0 Å². The highest BCUT2D eigenvalue weighted by Crippen LogP contribution is 2.23. The quantitative estimate of drug-likeness (QED) is 0.436. The lowest BCUT2D eigenvalue weighted by atomic mass is 10.0. The summed E-state index contributed by atoms with van der Waals surface area (Å²) in [6.07, 6.45) is 8.46. The molecule has 1 aliphatic carbocycles. The van der Waals surface area contributed by atoms with Crippen molar-refractivity contribution < 1.29 is 9.47 Å². The summed E-state index contributed by atoms with van der Waals surface area (Å²) in [5.41, 5.74) is 2.29. The normalized spacial score (nSPS) is 16.2. The van der Waals surface area contributed by atoms with Gasteiger partial charge in [0, 0.05) is 32.2 Å². The van der Waals surface area contributed by atoms with Gasteiger partial charge in [-0.1, -0.05) is 24.3 Å². The minimum absolute atomic E-state index is 0.634. The van der Waals surface area contributed by atoms with Crippen molar-refractivity contribution in [3.63, 3.8) is 0 Å². The Morgan fingerprint density at radius 1 is 0.765 bits per heavy atom. The average molecular weight is 460 g/mol. The second kappa shape index (κ2) is 11.3. The van der Waals surface area contributed by atoms with E-state index in [9.17, 15) is 0 Å². The van der Waals surface area contributed by atoms with Crippen molar-refractivity contribution in [1.82, 2.24) is 19.9 Å². The smallest absolute Gasteiger partial charge is 0.232 e. The summed E-state index contributed by atoms with van der Waals surface area (Å²) >= 11 is 0. The molecule has 3 aromatic rings. The molecule has 178 valence electrons. The number of rotatable bonds is 9. The standard InChI is InChI=1S/C27H33N5O2/c1-2-9-22(10-3-1)34-26-14-8-13-25(30-26)32-18-16-31(17-19-32)15-6-7-20-33-27-21-28-23-11-4-5-12-24(23)29-27/h1-3,8-10,13-14,21H,4-7,11-12,15-20H2. The van der Waals surface area contributed by atoms with Gasteiger partial charge >= 0.3 is 0 Å². The van der Waals surface area contributed by atoms with Gasteiger partial charge in [-0.15, -0.1) is 0 Å². The number of nitrogens with zero attached hydrogens (tertiary/aromatic N) is 5. The van der Waals surface area contributed by atoms with Crippen molar-refractivity contribution in [3.05, 3.63) is 66.1 Å². The molecule has 1 aliphatic heterocycles. The zero-order valence-electron chi connectivity index (χ0n) is 19.7. The van der Waals surface area contributed by atoms with Crippen LogP contribution in [0.15, 0.2) is 54.7 Å². The van der Waals surface area contributed by atoms with Crippen LogP contribution in [-0.4, -0.2) is 59.2 Å². The number of piperazine rings is 1. The van der Waals surface area contributed by atoms with E-state index in [1.807, 2.05) is 42.5 Å². The summed E-state index contributed by atoms with van der Waals surface area (Å²) in [6.45, 7) is 5.83. The molecule has 0 atom stereocenters. The molecule has 0 N–H and O–H groups in total. The number of para-hydroxylation sites is 1. The third-order valence-electron chi connectivity index (χ3n) is 6.48. The summed E-state index contributed by atoms with van der Waals surface area (Å²) in [4.78, 5) is 18.8. The Balaban J connectivity index is 1.01. The monoisotopic (exact) mass is 459 g/mol. The first-order valence-electron chi connectivity index (χ1n) is 12.5. The van der Waals surface area contributed by atoms with Crippen molar-refractivity contribution in [3.8, 4) is 17.5 Å². The van der Waals surface area contributed by atoms with Crippen molar-refractivity contribution in [2.45, 2.75) is 38.5 Å². The topological polar surface area (TPSA) is 63.6 Å². The lowest BCUT2D eigenvalue weighted by Gasteiger charge is -2.35. The molecule has 7 nitrogen and oxygen atoms in total. The Bertz CT molecular complexity index is 1050. The van der Waals surface area contributed by atoms with Crippen LogP contribution in [-0.2, 0) is 12.8 Å². The van der Waals surface area contributed by atoms with Crippen LogP contribution in [0.5, 0.6) is 17.5 Å². The molecule has 0 saturated carbocycles. The van der Waals surface area contributed by atoms with E-state index in [1.54, 1.807) is 6.20 Å². The van der Waals surface area contributed by atoms with Gasteiger partial charge in [0.05, 0.1) is 24.2 Å². The molecular weight excluding hydrogens is 426 g/mol. The molecule has 1 aromatic carbocycles. The molecule has 1 saturated heterocycles. The van der Waals surface area contributed by atoms with Crippen LogP contribution in [0.25, 0.3) is 0 Å². The number of pyridine rings is 1. The third-order valence-corrected chi connectivity index (χ3v) is 6.48. The number of anilines is 1. The fourth-order valence-corrected chi connectivity index (χ4v) is 4.56. The second-order valence-corrected chi connectivity index (χ2v) is 8.94. The number of hydrogen-bond acceptors (Lipinski definition) is 7. The van der Waals surface area contributed by atoms with Crippen molar-refractivity contribution in [2.75, 3.05) is 44.2 Å². The fourth-order valence-electron chi connectivity index (χ4n) is 4.56. The second-order valence-electron chi connectivity index (χ2n) is 8.94. The van der Waals surface area contributed by atoms with Gasteiger partial charge in [0.2, 0.25) is 11.8 Å². The Morgan fingerprint density at radius 3 is 2.44 bits per heavy atom. The van der Waals surface area contributed by atoms with E-state index in [0.29, 0.717) is 18.4 Å². The van der Waals surface area contributed by atoms with Gasteiger partial charge in [0.25, 0.3) is 0 Å². The van der Waals surface area contributed by atoms with Gasteiger partial charge in [-0.25, -0.2) is 4.98 Å². The summed E-state index contributed by atoms with van der Waals surface area (Å²) < 4.78 is 11.8. The molecule has 0 amide bonds. The Hall–Kier alpha value is -3.19. The van der Waals surface area contributed by atoms with E-state index in [-0.39, 0.29) is 0 Å². The van der Waals surface area contributed by atoms with Crippen molar-refractivity contribution in [1.29, 1.82) is 0 Å². The van der Waals surface area contributed by atoms with E-state index >= 15 is 0 Å². The highest BCUT2D eigenvalue weighted by Gasteiger charge is 2.18. The van der Waals surface area contributed by atoms with E-state index in [2.05, 4.69) is 25.8 Å². The highest BCUT2D eigenvalue weighted by atomic mass is 16.5. The first-order valence-corrected chi connectivity index (χ1v) is 12.5. The average Bonchev–Trinajstić information content (AvgIpc) is 2.89. The van der Waals surface area contributed by atoms with Crippen LogP contribution in [0.1, 0.15) is 37.1 Å². The van der Waals surface area contributed by atoms with Crippen LogP contribution < -0.4 is 14.4 Å². The van der Waals surface area contributed by atoms with Gasteiger partial charge in [-0.05, 0) is 63.3 Å². The van der Waals surface area contributed by atoms with Crippen LogP contribution in [0.4, 0.5) is 5.82 Å². The SMILES string of the molecule is c1ccc(Oc2cccc(N3CCN(CCCCOc4cnc5c(n4)CCCC5)CC3)n2)cc1. The minimum atomic E-state index is 0.634. The number of benzene rings is 1. The maximum atomic E-state index is 5.90. The van der Waals surface area contributed by atoms with Crippen LogP contribution >= 0.6 is 0 Å². The first-order chi connectivity index (χ1) is 16.8. The molecule has 2 aromatic heterocycles. The molecule has 0 radical (unpaired) electrons. The molecule has 2 aliphatic rings. The number of ether oxygens (including phenoxy) is 2. The fraction of sp³-hybridized carbons (Fsp3) is 0.444. The molecule has 1 fully saturated rings. The Kier molecular flexibility index (Phi) is 7.50. The summed E-state index contributed by atoms with van der Waals surface area (Å²) in [6, 6.07) is 15.8. The van der Waals surface area contributed by atoms with Gasteiger partial charge in [0.1, 0.15) is 11.6 Å². The number of aryl methyl sites for hydroxylation is 2. The maximum Gasteiger partial charge on any atom is 0.232 e. The molecular formula is C27H33N5O2. The van der Waals surface area contributed by atoms with E-state index in [1.165, 1.54) is 12.8 Å². The molecule has 0 unspecified atom stereocenters. The number of fused-ring (bicyclic) bond motifs is 1. The van der Waals surface area contributed by atoms with Gasteiger partial charge < -0.3 is 14.4 Å². The molecule has 0 spiro atoms. The summed E-state index contributed by atoms with van der Waals surface area (Å²) in [5.74, 6) is 3.10. The molecule has 0 bridgehead atoms. The van der Waals surface area contributed by atoms with Crippen LogP contribution in [0, 0.1) is 0 Å². The Morgan fingerprint density at radius 2 is 1.59 bits per heavy atom. The predicted octanol–water partition coefficient (Wildman–Crippen LogP) is 4.52. The van der Waals surface area contributed by atoms with Gasteiger partial charge in [-0.3, -0.25) is 9.88 Å². The lowest BCUT2D eigenvalue weighted by Crippen LogP contribution is -2.46. The number of hydrogen-bond donors (Lipinski definition) is 0. The zero-order chi connectivity index (χ0) is 23.0. The lowest BCUT2D eigenvalue weighted by molar-refractivity contribution is 0.235. The third kappa shape index (κ3) is 6.03. The largest absolute Gasteiger partial charge is 0.477 e. The van der Waals surface area contributed by atoms with E-state index in [0.717, 1.165) is 81.4 Å². The van der Waals surface area contributed by atoms with Gasteiger partial charge in [-0.2, -0.15) is 4.98 Å². The minimum Gasteiger partial charge on any atom is -0.477 e. The number of unbranched alkanes of at least 4 members (excludes halogenated alkanes) is 1. The zero-order valence-corrected chi connectivity index (χ0v) is 19.7. The van der Waals surface area contributed by atoms with Crippen molar-refractivity contribution in [2.24, 2.45) is 0 Å². The molecule has 3 heterocycles. The predicted molar refractivity (Wildman–Crippen MR) is 133 cm³/mol. The van der Waals surface area contributed by atoms with E-state index in [4.69, 9.17) is 14.5 Å². The molecule has 7 heteroatoms. The molecule has 5 rings (SSSR count). The number of aromatic nitrogens is 3. The van der Waals surface area contributed by atoms with Crippen LogP contribution in [0.2, 0.25) is 0 Å². The van der Waals surface area contributed by atoms with E-state index < -0.39 is 0 Å². The first kappa shape index (κ1) is 22.6. The highest BCUT2D eigenvalue weighted by molar-refractivity contribution is 5.42. The van der Waals surface area contributed by atoms with Crippen LogP contribution in [0.3, 0.4) is 0 Å². The maximum absolute atomic E-state index is 5.90. The summed E-state index contributed by atoms with van der Waals surface area (Å²) in [7, 11) is 0. The molecule has 34 heavy (non-hydrogen) atoms.